The third kappa shape index (κ3) is 51.2. The second kappa shape index (κ2) is 50.0. The van der Waals surface area contributed by atoms with Gasteiger partial charge in [-0.1, -0.05) is 244 Å². The van der Waals surface area contributed by atoms with E-state index in [9.17, 15) is 19.0 Å². The van der Waals surface area contributed by atoms with Crippen LogP contribution in [0, 0.1) is 0 Å². The van der Waals surface area contributed by atoms with Crippen LogP contribution in [0.4, 0.5) is 0 Å². The van der Waals surface area contributed by atoms with E-state index < -0.39 is 20.0 Å². The summed E-state index contributed by atoms with van der Waals surface area (Å²) in [6, 6.07) is -0.882. The summed E-state index contributed by atoms with van der Waals surface area (Å²) < 4.78 is 30.2. The largest absolute Gasteiger partial charge is 0.756 e. The number of allylic oxidation sites excluding steroid dienone is 3. The Kier molecular flexibility index (Phi) is 48.9. The number of amides is 1. The first kappa shape index (κ1) is 67.5. The highest BCUT2D eigenvalue weighted by Gasteiger charge is 2.27. The van der Waals surface area contributed by atoms with Crippen molar-refractivity contribution in [2.24, 2.45) is 0 Å². The molecule has 69 heavy (non-hydrogen) atoms. The second-order valence-corrected chi connectivity index (χ2v) is 22.9. The molecule has 0 aliphatic rings. The summed E-state index contributed by atoms with van der Waals surface area (Å²) in [5.74, 6) is -0.531. The molecule has 0 aliphatic heterocycles. The fourth-order valence-corrected chi connectivity index (χ4v) is 9.48. The molecule has 0 bridgehead atoms. The maximum absolute atomic E-state index is 13.5. The third-order valence-electron chi connectivity index (χ3n) is 13.4. The van der Waals surface area contributed by atoms with Gasteiger partial charge in [-0.15, -0.1) is 0 Å². The zero-order chi connectivity index (χ0) is 50.8. The molecule has 0 fully saturated rings. The van der Waals surface area contributed by atoms with Crippen LogP contribution in [-0.2, 0) is 27.9 Å². The molecule has 0 spiro atoms. The number of phosphoric acid groups is 1. The minimum absolute atomic E-state index is 0.0193. The highest BCUT2D eigenvalue weighted by molar-refractivity contribution is 7.45. The first-order valence-electron chi connectivity index (χ1n) is 29.6. The van der Waals surface area contributed by atoms with Gasteiger partial charge in [0.05, 0.1) is 33.8 Å². The molecular weight excluding hydrogens is 880 g/mol. The summed E-state index contributed by atoms with van der Waals surface area (Å²) in [7, 11) is 1.20. The van der Waals surface area contributed by atoms with Gasteiger partial charge in [0.1, 0.15) is 19.3 Å². The molecule has 0 rings (SSSR count). The molecule has 0 aromatic heterocycles. The lowest BCUT2D eigenvalue weighted by molar-refractivity contribution is -0.870. The first-order chi connectivity index (χ1) is 33.4. The molecule has 0 aromatic rings. The predicted molar refractivity (Wildman–Crippen MR) is 293 cm³/mol. The normalized spacial score (nSPS) is 13.9. The summed E-state index contributed by atoms with van der Waals surface area (Å²) in [5, 5.41) is 3.03. The molecule has 0 radical (unpaired) electrons. The standard InChI is InChI=1S/C59H115N2O7P/c1-7-10-13-16-19-22-25-27-28-29-30-31-32-34-37-39-42-45-48-51-58(62)60-56(55-67-69(64,65)66-54-53-61(4,5)6)57(50-47-44-41-38-36-33-26-23-20-17-14-11-8-2)68-59(63)52-49-46-43-40-35-24-21-18-15-12-9-3/h27-28,47,50,56-57H,7-26,29-46,48-49,51-55H2,1-6H3,(H-,60,62,64,65)/b28-27+,50-47+. The summed E-state index contributed by atoms with van der Waals surface area (Å²) in [6.45, 7) is 6.86. The average Bonchev–Trinajstić information content (AvgIpc) is 3.31. The number of quaternary nitrogens is 1. The molecule has 0 heterocycles. The van der Waals surface area contributed by atoms with Crippen molar-refractivity contribution < 1.29 is 37.3 Å². The number of nitrogens with zero attached hydrogens (tertiary/aromatic N) is 1. The third-order valence-corrected chi connectivity index (χ3v) is 14.3. The minimum atomic E-state index is -4.69. The van der Waals surface area contributed by atoms with Crippen molar-refractivity contribution in [1.29, 1.82) is 0 Å². The van der Waals surface area contributed by atoms with E-state index in [1.54, 1.807) is 0 Å². The van der Waals surface area contributed by atoms with Gasteiger partial charge in [0.15, 0.2) is 0 Å². The van der Waals surface area contributed by atoms with E-state index in [4.69, 9.17) is 13.8 Å². The van der Waals surface area contributed by atoms with Gasteiger partial charge in [-0.25, -0.2) is 0 Å². The predicted octanol–water partition coefficient (Wildman–Crippen LogP) is 17.1. The Morgan fingerprint density at radius 2 is 0.841 bits per heavy atom. The van der Waals surface area contributed by atoms with E-state index in [2.05, 4.69) is 38.2 Å². The number of hydrogen-bond acceptors (Lipinski definition) is 7. The van der Waals surface area contributed by atoms with Gasteiger partial charge in [0.25, 0.3) is 7.82 Å². The SMILES string of the molecule is CCCCCCCC/C=C/CCCCCCCCCCCC(=O)NC(COP(=O)([O-])OCC[N+](C)(C)C)C(/C=C/CCCCCCCCCCCCC)OC(=O)CCCCCCCCCCCCC. The van der Waals surface area contributed by atoms with E-state index >= 15 is 0 Å². The van der Waals surface area contributed by atoms with E-state index in [-0.39, 0.29) is 31.5 Å². The van der Waals surface area contributed by atoms with Crippen molar-refractivity contribution in [2.75, 3.05) is 40.9 Å². The second-order valence-electron chi connectivity index (χ2n) is 21.5. The monoisotopic (exact) mass is 995 g/mol. The maximum atomic E-state index is 13.5. The van der Waals surface area contributed by atoms with Crippen LogP contribution in [0.3, 0.4) is 0 Å². The molecule has 1 amide bonds. The van der Waals surface area contributed by atoms with Crippen LogP contribution in [0.25, 0.3) is 0 Å². The number of ether oxygens (including phenoxy) is 1. The Morgan fingerprint density at radius 1 is 0.493 bits per heavy atom. The minimum Gasteiger partial charge on any atom is -0.756 e. The molecule has 1 N–H and O–H groups in total. The van der Waals surface area contributed by atoms with Gasteiger partial charge in [-0.05, 0) is 57.4 Å². The van der Waals surface area contributed by atoms with Crippen molar-refractivity contribution in [3.63, 3.8) is 0 Å². The van der Waals surface area contributed by atoms with Gasteiger partial charge in [0, 0.05) is 12.8 Å². The smallest absolute Gasteiger partial charge is 0.306 e. The fourth-order valence-electron chi connectivity index (χ4n) is 8.75. The van der Waals surface area contributed by atoms with Crippen molar-refractivity contribution in [1.82, 2.24) is 5.32 Å². The Morgan fingerprint density at radius 3 is 1.23 bits per heavy atom. The molecule has 0 saturated heterocycles. The molecule has 0 aromatic carbocycles. The van der Waals surface area contributed by atoms with Crippen LogP contribution in [0.1, 0.15) is 290 Å². The van der Waals surface area contributed by atoms with Crippen molar-refractivity contribution >= 4 is 19.7 Å². The molecule has 3 unspecified atom stereocenters. The number of rotatable bonds is 54. The molecule has 0 aliphatic carbocycles. The van der Waals surface area contributed by atoms with Gasteiger partial charge >= 0.3 is 5.97 Å². The summed E-state index contributed by atoms with van der Waals surface area (Å²) in [6.07, 6.45) is 57.1. The number of unbranched alkanes of at least 4 members (excludes halogenated alkanes) is 36. The van der Waals surface area contributed by atoms with Crippen LogP contribution in [0.15, 0.2) is 24.3 Å². The van der Waals surface area contributed by atoms with Crippen LogP contribution in [0.2, 0.25) is 0 Å². The molecule has 10 heteroatoms. The molecule has 3 atom stereocenters. The molecule has 408 valence electrons. The summed E-state index contributed by atoms with van der Waals surface area (Å²) >= 11 is 0. The van der Waals surface area contributed by atoms with E-state index in [1.807, 2.05) is 33.3 Å². The Labute approximate surface area is 428 Å². The Bertz CT molecular complexity index is 1240. The number of likely N-dealkylation sites (N-methyl/N-ethyl adjacent to an activating group) is 1. The quantitative estimate of drug-likeness (QED) is 0.0212. The van der Waals surface area contributed by atoms with Crippen LogP contribution < -0.4 is 10.2 Å². The fraction of sp³-hybridized carbons (Fsp3) is 0.898. The van der Waals surface area contributed by atoms with E-state index in [1.165, 1.54) is 199 Å². The van der Waals surface area contributed by atoms with Gasteiger partial charge in [-0.3, -0.25) is 14.2 Å². The molecule has 9 nitrogen and oxygen atoms in total. The van der Waals surface area contributed by atoms with Crippen molar-refractivity contribution in [3.05, 3.63) is 24.3 Å². The topological polar surface area (TPSA) is 114 Å². The summed E-state index contributed by atoms with van der Waals surface area (Å²) in [4.78, 5) is 39.8. The number of carbonyl (C=O) groups excluding carboxylic acids is 2. The van der Waals surface area contributed by atoms with E-state index in [0.717, 1.165) is 57.8 Å². The van der Waals surface area contributed by atoms with Gasteiger partial charge in [-0.2, -0.15) is 0 Å². The maximum Gasteiger partial charge on any atom is 0.306 e. The number of esters is 1. The van der Waals surface area contributed by atoms with Gasteiger partial charge in [0.2, 0.25) is 5.91 Å². The highest BCUT2D eigenvalue weighted by Crippen LogP contribution is 2.38. The zero-order valence-corrected chi connectivity index (χ0v) is 47.4. The van der Waals surface area contributed by atoms with Crippen LogP contribution in [0.5, 0.6) is 0 Å². The van der Waals surface area contributed by atoms with Gasteiger partial charge < -0.3 is 28.5 Å². The first-order valence-corrected chi connectivity index (χ1v) is 31.1. The molecule has 0 saturated carbocycles. The number of nitrogens with one attached hydrogen (secondary N) is 1. The molecular formula is C59H115N2O7P. The number of phosphoric ester groups is 1. The van der Waals surface area contributed by atoms with E-state index in [0.29, 0.717) is 17.4 Å². The lowest BCUT2D eigenvalue weighted by Crippen LogP contribution is -2.47. The van der Waals surface area contributed by atoms with Crippen molar-refractivity contribution in [2.45, 2.75) is 303 Å². The Hall–Kier alpha value is -1.51. The lowest BCUT2D eigenvalue weighted by atomic mass is 10.0. The van der Waals surface area contributed by atoms with Crippen molar-refractivity contribution in [3.8, 4) is 0 Å². The summed E-state index contributed by atoms with van der Waals surface area (Å²) in [5.41, 5.74) is 0. The number of hydrogen-bond donors (Lipinski definition) is 1. The van der Waals surface area contributed by atoms with Crippen LogP contribution in [-0.4, -0.2) is 69.4 Å². The number of carbonyl (C=O) groups is 2. The average molecular weight is 996 g/mol. The lowest BCUT2D eigenvalue weighted by Gasteiger charge is -2.30. The van der Waals surface area contributed by atoms with Crippen LogP contribution >= 0.6 is 7.82 Å². The Balaban J connectivity index is 5.25. The highest BCUT2D eigenvalue weighted by atomic mass is 31.2. The zero-order valence-electron chi connectivity index (χ0n) is 46.5.